The van der Waals surface area contributed by atoms with E-state index in [-0.39, 0.29) is 12.3 Å². The van der Waals surface area contributed by atoms with Crippen LogP contribution in [0, 0.1) is 0 Å². The van der Waals surface area contributed by atoms with Crippen LogP contribution in [0.5, 0.6) is 0 Å². The number of carbonyl (C=O) groups excluding carboxylic acids is 1. The number of carboxylic acids is 1. The molecule has 122 valence electrons. The Balaban J connectivity index is 2.13. The van der Waals surface area contributed by atoms with Gasteiger partial charge in [-0.25, -0.2) is 0 Å². The third-order valence-corrected chi connectivity index (χ3v) is 4.32. The SMILES string of the molecule is CC(C)c1ccc(SCC(=O)NCCCCCC(=O)O)cc1. The minimum absolute atomic E-state index is 0.0242. The molecule has 0 heterocycles. The van der Waals surface area contributed by atoms with Crippen LogP contribution in [0.3, 0.4) is 0 Å². The molecule has 0 saturated carbocycles. The molecular formula is C17H25NO3S. The Kier molecular flexibility index (Phi) is 8.67. The molecule has 4 nitrogen and oxygen atoms in total. The van der Waals surface area contributed by atoms with E-state index in [1.165, 1.54) is 17.3 Å². The van der Waals surface area contributed by atoms with Crippen molar-refractivity contribution in [2.24, 2.45) is 0 Å². The minimum Gasteiger partial charge on any atom is -0.481 e. The number of carbonyl (C=O) groups is 2. The second kappa shape index (κ2) is 10.3. The molecule has 0 radical (unpaired) electrons. The Bertz CT molecular complexity index is 471. The molecule has 0 fully saturated rings. The summed E-state index contributed by atoms with van der Waals surface area (Å²) >= 11 is 1.53. The lowest BCUT2D eigenvalue weighted by Gasteiger charge is -2.07. The summed E-state index contributed by atoms with van der Waals surface area (Å²) in [6.45, 7) is 4.93. The molecule has 0 unspecified atom stereocenters. The summed E-state index contributed by atoms with van der Waals surface area (Å²) in [5, 5.41) is 11.4. The number of hydrogen-bond donors (Lipinski definition) is 2. The predicted octanol–water partition coefficient (Wildman–Crippen LogP) is 3.66. The number of rotatable bonds is 10. The van der Waals surface area contributed by atoms with E-state index in [1.807, 2.05) is 0 Å². The highest BCUT2D eigenvalue weighted by molar-refractivity contribution is 8.00. The fourth-order valence-corrected chi connectivity index (χ4v) is 2.68. The van der Waals surface area contributed by atoms with E-state index < -0.39 is 5.97 Å². The summed E-state index contributed by atoms with van der Waals surface area (Å²) in [6, 6.07) is 8.32. The first-order valence-corrected chi connectivity index (χ1v) is 8.69. The summed E-state index contributed by atoms with van der Waals surface area (Å²) < 4.78 is 0. The zero-order chi connectivity index (χ0) is 16.4. The maximum Gasteiger partial charge on any atom is 0.303 e. The molecule has 1 amide bonds. The van der Waals surface area contributed by atoms with Gasteiger partial charge in [-0.15, -0.1) is 11.8 Å². The van der Waals surface area contributed by atoms with E-state index >= 15 is 0 Å². The standard InChI is InChI=1S/C17H25NO3S/c1-13(2)14-7-9-15(10-8-14)22-12-16(19)18-11-5-3-4-6-17(20)21/h7-10,13H,3-6,11-12H2,1-2H3,(H,18,19)(H,20,21). The Hall–Kier alpha value is -1.49. The monoisotopic (exact) mass is 323 g/mol. The van der Waals surface area contributed by atoms with Crippen molar-refractivity contribution in [1.29, 1.82) is 0 Å². The molecule has 0 spiro atoms. The van der Waals surface area contributed by atoms with Gasteiger partial charge in [0, 0.05) is 17.9 Å². The van der Waals surface area contributed by atoms with Gasteiger partial charge in [-0.3, -0.25) is 9.59 Å². The first kappa shape index (κ1) is 18.6. The van der Waals surface area contributed by atoms with Gasteiger partial charge in [0.2, 0.25) is 5.91 Å². The van der Waals surface area contributed by atoms with E-state index in [0.29, 0.717) is 24.6 Å². The number of amides is 1. The maximum absolute atomic E-state index is 11.7. The summed E-state index contributed by atoms with van der Waals surface area (Å²) in [7, 11) is 0. The molecule has 1 aromatic rings. The van der Waals surface area contributed by atoms with Crippen LogP contribution >= 0.6 is 11.8 Å². The van der Waals surface area contributed by atoms with E-state index in [1.54, 1.807) is 0 Å². The highest BCUT2D eigenvalue weighted by atomic mass is 32.2. The van der Waals surface area contributed by atoms with Gasteiger partial charge in [-0.1, -0.05) is 32.4 Å². The lowest BCUT2D eigenvalue weighted by atomic mass is 10.0. The number of carboxylic acid groups (broad SMARTS) is 1. The van der Waals surface area contributed by atoms with Gasteiger partial charge >= 0.3 is 5.97 Å². The van der Waals surface area contributed by atoms with Crippen LogP contribution in [0.2, 0.25) is 0 Å². The van der Waals surface area contributed by atoms with E-state index in [9.17, 15) is 9.59 Å². The van der Waals surface area contributed by atoms with Crippen molar-refractivity contribution >= 4 is 23.6 Å². The van der Waals surface area contributed by atoms with Crippen molar-refractivity contribution in [3.05, 3.63) is 29.8 Å². The van der Waals surface area contributed by atoms with Crippen LogP contribution in [-0.2, 0) is 9.59 Å². The van der Waals surface area contributed by atoms with Crippen LogP contribution in [0.25, 0.3) is 0 Å². The molecule has 0 aliphatic carbocycles. The molecule has 0 atom stereocenters. The van der Waals surface area contributed by atoms with Gasteiger partial charge in [0.15, 0.2) is 0 Å². The van der Waals surface area contributed by atoms with E-state index in [4.69, 9.17) is 5.11 Å². The van der Waals surface area contributed by atoms with Crippen molar-refractivity contribution in [2.75, 3.05) is 12.3 Å². The molecule has 1 rings (SSSR count). The molecule has 0 aliphatic rings. The minimum atomic E-state index is -0.760. The molecule has 2 N–H and O–H groups in total. The Morgan fingerprint density at radius 3 is 2.41 bits per heavy atom. The lowest BCUT2D eigenvalue weighted by molar-refractivity contribution is -0.137. The van der Waals surface area contributed by atoms with Gasteiger partial charge in [0.1, 0.15) is 0 Å². The number of unbranched alkanes of at least 4 members (excludes halogenated alkanes) is 2. The van der Waals surface area contributed by atoms with Crippen LogP contribution in [-0.4, -0.2) is 29.3 Å². The smallest absolute Gasteiger partial charge is 0.303 e. The zero-order valence-electron chi connectivity index (χ0n) is 13.3. The third-order valence-electron chi connectivity index (χ3n) is 3.31. The lowest BCUT2D eigenvalue weighted by Crippen LogP contribution is -2.26. The molecule has 22 heavy (non-hydrogen) atoms. The highest BCUT2D eigenvalue weighted by Crippen LogP contribution is 2.21. The van der Waals surface area contributed by atoms with Crippen molar-refractivity contribution in [2.45, 2.75) is 50.3 Å². The van der Waals surface area contributed by atoms with Gasteiger partial charge in [0.25, 0.3) is 0 Å². The van der Waals surface area contributed by atoms with Crippen molar-refractivity contribution < 1.29 is 14.7 Å². The quantitative estimate of drug-likeness (QED) is 0.509. The van der Waals surface area contributed by atoms with Crippen molar-refractivity contribution in [1.82, 2.24) is 5.32 Å². The average molecular weight is 323 g/mol. The average Bonchev–Trinajstić information content (AvgIpc) is 2.48. The number of benzene rings is 1. The normalized spacial score (nSPS) is 10.7. The van der Waals surface area contributed by atoms with Gasteiger partial charge < -0.3 is 10.4 Å². The summed E-state index contributed by atoms with van der Waals surface area (Å²) in [5.74, 6) is 0.194. The third kappa shape index (κ3) is 8.08. The second-order valence-electron chi connectivity index (χ2n) is 5.57. The highest BCUT2D eigenvalue weighted by Gasteiger charge is 2.04. The van der Waals surface area contributed by atoms with Crippen molar-refractivity contribution in [3.8, 4) is 0 Å². The van der Waals surface area contributed by atoms with Gasteiger partial charge in [-0.05, 0) is 36.5 Å². The largest absolute Gasteiger partial charge is 0.481 e. The Morgan fingerprint density at radius 2 is 1.82 bits per heavy atom. The van der Waals surface area contributed by atoms with Crippen molar-refractivity contribution in [3.63, 3.8) is 0 Å². The molecular weight excluding hydrogens is 298 g/mol. The topological polar surface area (TPSA) is 66.4 Å². The fourth-order valence-electron chi connectivity index (χ4n) is 1.95. The number of aliphatic carboxylic acids is 1. The molecule has 0 aromatic heterocycles. The number of hydrogen-bond acceptors (Lipinski definition) is 3. The fraction of sp³-hybridized carbons (Fsp3) is 0.529. The molecule has 1 aromatic carbocycles. The van der Waals surface area contributed by atoms with Gasteiger partial charge in [-0.2, -0.15) is 0 Å². The summed E-state index contributed by atoms with van der Waals surface area (Å²) in [5.41, 5.74) is 1.30. The van der Waals surface area contributed by atoms with E-state index in [2.05, 4.69) is 43.4 Å². The first-order valence-electron chi connectivity index (χ1n) is 7.70. The molecule has 0 bridgehead atoms. The van der Waals surface area contributed by atoms with Crippen LogP contribution in [0.4, 0.5) is 0 Å². The second-order valence-corrected chi connectivity index (χ2v) is 6.62. The van der Waals surface area contributed by atoms with Gasteiger partial charge in [0.05, 0.1) is 5.75 Å². The predicted molar refractivity (Wildman–Crippen MR) is 90.4 cm³/mol. The van der Waals surface area contributed by atoms with Crippen LogP contribution in [0.15, 0.2) is 29.2 Å². The van der Waals surface area contributed by atoms with E-state index in [0.717, 1.165) is 17.7 Å². The Labute approximate surface area is 136 Å². The molecule has 5 heteroatoms. The van der Waals surface area contributed by atoms with Crippen LogP contribution < -0.4 is 5.32 Å². The molecule has 0 saturated heterocycles. The summed E-state index contributed by atoms with van der Waals surface area (Å²) in [4.78, 5) is 23.2. The molecule has 0 aliphatic heterocycles. The Morgan fingerprint density at radius 1 is 1.14 bits per heavy atom. The van der Waals surface area contributed by atoms with Crippen LogP contribution in [0.1, 0.15) is 51.0 Å². The number of thioether (sulfide) groups is 1. The maximum atomic E-state index is 11.7. The number of nitrogens with one attached hydrogen (secondary N) is 1. The summed E-state index contributed by atoms with van der Waals surface area (Å²) in [6.07, 6.45) is 2.53. The first-order chi connectivity index (χ1) is 10.5. The zero-order valence-corrected chi connectivity index (χ0v) is 14.1.